The average Bonchev–Trinajstić information content (AvgIpc) is 2.58. The van der Waals surface area contributed by atoms with Gasteiger partial charge in [-0.15, -0.1) is 10.2 Å². The number of ether oxygens (including phenoxy) is 2. The van der Waals surface area contributed by atoms with Gasteiger partial charge < -0.3 is 20.1 Å². The molecule has 2 rings (SSSR count). The van der Waals surface area contributed by atoms with Gasteiger partial charge in [-0.1, -0.05) is 12.1 Å². The van der Waals surface area contributed by atoms with Crippen molar-refractivity contribution in [2.75, 3.05) is 37.5 Å². The zero-order chi connectivity index (χ0) is 16.5. The number of anilines is 2. The van der Waals surface area contributed by atoms with E-state index in [0.717, 1.165) is 0 Å². The summed E-state index contributed by atoms with van der Waals surface area (Å²) >= 11 is 0. The average molecular weight is 316 g/mol. The zero-order valence-electron chi connectivity index (χ0n) is 13.2. The third kappa shape index (κ3) is 4.93. The summed E-state index contributed by atoms with van der Waals surface area (Å²) in [5, 5.41) is 13.7. The molecule has 23 heavy (non-hydrogen) atoms. The molecule has 0 unspecified atom stereocenters. The van der Waals surface area contributed by atoms with Gasteiger partial charge in [-0.05, 0) is 31.2 Å². The molecule has 122 valence electrons. The number of carbonyl (C=O) groups is 1. The van der Waals surface area contributed by atoms with Gasteiger partial charge in [-0.25, -0.2) is 0 Å². The zero-order valence-corrected chi connectivity index (χ0v) is 13.2. The smallest absolute Gasteiger partial charge is 0.276 e. The normalized spacial score (nSPS) is 10.2. The molecule has 0 fully saturated rings. The number of benzene rings is 1. The number of nitrogens with one attached hydrogen (secondary N) is 2. The fourth-order valence-electron chi connectivity index (χ4n) is 1.87. The highest BCUT2D eigenvalue weighted by molar-refractivity contribution is 6.03. The number of hydrogen-bond acceptors (Lipinski definition) is 6. The van der Waals surface area contributed by atoms with Crippen LogP contribution in [0.2, 0.25) is 0 Å². The van der Waals surface area contributed by atoms with Gasteiger partial charge in [-0.3, -0.25) is 4.79 Å². The number of aromatic nitrogens is 2. The summed E-state index contributed by atoms with van der Waals surface area (Å²) < 4.78 is 10.4. The summed E-state index contributed by atoms with van der Waals surface area (Å²) in [5.41, 5.74) is 0.831. The van der Waals surface area contributed by atoms with Crippen LogP contribution < -0.4 is 15.4 Å². The molecule has 0 aliphatic heterocycles. The Balaban J connectivity index is 2.00. The summed E-state index contributed by atoms with van der Waals surface area (Å²) in [6, 6.07) is 10.6. The van der Waals surface area contributed by atoms with Crippen LogP contribution in [0.3, 0.4) is 0 Å². The van der Waals surface area contributed by atoms with E-state index in [1.807, 2.05) is 19.1 Å². The Hall–Kier alpha value is -2.67. The lowest BCUT2D eigenvalue weighted by molar-refractivity contribution is 0.102. The van der Waals surface area contributed by atoms with Crippen molar-refractivity contribution >= 4 is 17.4 Å². The Morgan fingerprint density at radius 3 is 2.70 bits per heavy atom. The van der Waals surface area contributed by atoms with E-state index in [2.05, 4.69) is 20.8 Å². The van der Waals surface area contributed by atoms with Crippen LogP contribution in [0.25, 0.3) is 0 Å². The van der Waals surface area contributed by atoms with Crippen molar-refractivity contribution in [3.63, 3.8) is 0 Å². The summed E-state index contributed by atoms with van der Waals surface area (Å²) in [5.74, 6) is 0.871. The van der Waals surface area contributed by atoms with E-state index in [9.17, 15) is 4.79 Å². The first-order valence-electron chi connectivity index (χ1n) is 7.34. The van der Waals surface area contributed by atoms with Crippen molar-refractivity contribution < 1.29 is 14.3 Å². The van der Waals surface area contributed by atoms with Gasteiger partial charge in [0, 0.05) is 13.7 Å². The lowest BCUT2D eigenvalue weighted by atomic mass is 10.2. The quantitative estimate of drug-likeness (QED) is 0.726. The molecule has 0 radical (unpaired) electrons. The molecule has 1 amide bonds. The third-order valence-corrected chi connectivity index (χ3v) is 2.94. The van der Waals surface area contributed by atoms with Gasteiger partial charge in [0.1, 0.15) is 11.6 Å². The highest BCUT2D eigenvalue weighted by atomic mass is 16.5. The highest BCUT2D eigenvalue weighted by Gasteiger charge is 2.11. The summed E-state index contributed by atoms with van der Waals surface area (Å²) in [6.45, 7) is 3.60. The molecule has 2 aromatic rings. The van der Waals surface area contributed by atoms with E-state index in [-0.39, 0.29) is 11.6 Å². The van der Waals surface area contributed by atoms with Gasteiger partial charge in [0.15, 0.2) is 5.69 Å². The molecule has 0 saturated heterocycles. The van der Waals surface area contributed by atoms with Gasteiger partial charge in [0.2, 0.25) is 0 Å². The fraction of sp³-hybridized carbons (Fsp3) is 0.312. The Labute approximate surface area is 135 Å². The fourth-order valence-corrected chi connectivity index (χ4v) is 1.87. The predicted octanol–water partition coefficient (Wildman–Crippen LogP) is 2.19. The van der Waals surface area contributed by atoms with Crippen molar-refractivity contribution in [3.05, 3.63) is 42.1 Å². The first-order valence-corrected chi connectivity index (χ1v) is 7.34. The molecule has 1 aromatic carbocycles. The standard InChI is InChI=1S/C16H20N4O3/c1-3-23-14-7-5-4-6-12(14)18-16(21)13-8-9-15(20-19-13)17-10-11-22-2/h4-9H,3,10-11H2,1-2H3,(H,17,20)(H,18,21). The first kappa shape index (κ1) is 16.7. The molecule has 0 spiro atoms. The maximum atomic E-state index is 12.2. The van der Waals surface area contributed by atoms with Crippen molar-refractivity contribution in [2.45, 2.75) is 6.92 Å². The van der Waals surface area contributed by atoms with Gasteiger partial charge in [0.05, 0.1) is 18.9 Å². The SMILES string of the molecule is CCOc1ccccc1NC(=O)c1ccc(NCCOC)nn1. The van der Waals surface area contributed by atoms with Gasteiger partial charge in [0.25, 0.3) is 5.91 Å². The molecule has 0 aliphatic carbocycles. The maximum Gasteiger partial charge on any atom is 0.276 e. The van der Waals surface area contributed by atoms with Crippen LogP contribution in [-0.2, 0) is 4.74 Å². The van der Waals surface area contributed by atoms with Crippen LogP contribution in [0.5, 0.6) is 5.75 Å². The van der Waals surface area contributed by atoms with E-state index in [1.165, 1.54) is 0 Å². The monoisotopic (exact) mass is 316 g/mol. The number of rotatable bonds is 8. The number of hydrogen-bond donors (Lipinski definition) is 2. The van der Waals surface area contributed by atoms with Crippen LogP contribution in [0, 0.1) is 0 Å². The second-order valence-electron chi connectivity index (χ2n) is 4.61. The second kappa shape index (κ2) is 8.70. The molecule has 7 heteroatoms. The van der Waals surface area contributed by atoms with Gasteiger partial charge >= 0.3 is 0 Å². The van der Waals surface area contributed by atoms with E-state index in [4.69, 9.17) is 9.47 Å². The summed E-state index contributed by atoms with van der Waals surface area (Å²) in [4.78, 5) is 12.2. The molecule has 1 heterocycles. The van der Waals surface area contributed by atoms with E-state index >= 15 is 0 Å². The van der Waals surface area contributed by atoms with Crippen LogP contribution in [0.15, 0.2) is 36.4 Å². The number of nitrogens with zero attached hydrogens (tertiary/aromatic N) is 2. The second-order valence-corrected chi connectivity index (χ2v) is 4.61. The molecule has 0 bridgehead atoms. The van der Waals surface area contributed by atoms with Crippen molar-refractivity contribution in [2.24, 2.45) is 0 Å². The molecule has 1 aromatic heterocycles. The molecule has 7 nitrogen and oxygen atoms in total. The molecule has 2 N–H and O–H groups in total. The van der Waals surface area contributed by atoms with Crippen molar-refractivity contribution in [3.8, 4) is 5.75 Å². The largest absolute Gasteiger partial charge is 0.492 e. The Kier molecular flexibility index (Phi) is 6.31. The van der Waals surface area contributed by atoms with Crippen LogP contribution >= 0.6 is 0 Å². The minimum Gasteiger partial charge on any atom is -0.492 e. The lowest BCUT2D eigenvalue weighted by Crippen LogP contribution is -2.16. The Bertz CT molecular complexity index is 631. The van der Waals surface area contributed by atoms with Crippen LogP contribution in [0.1, 0.15) is 17.4 Å². The molecular weight excluding hydrogens is 296 g/mol. The minimum absolute atomic E-state index is 0.230. The van der Waals surface area contributed by atoms with E-state index in [1.54, 1.807) is 31.4 Å². The number of methoxy groups -OCH3 is 1. The summed E-state index contributed by atoms with van der Waals surface area (Å²) in [6.07, 6.45) is 0. The molecule has 0 atom stereocenters. The predicted molar refractivity (Wildman–Crippen MR) is 88.0 cm³/mol. The third-order valence-electron chi connectivity index (χ3n) is 2.94. The van der Waals surface area contributed by atoms with Crippen molar-refractivity contribution in [1.82, 2.24) is 10.2 Å². The number of carbonyl (C=O) groups excluding carboxylic acids is 1. The lowest BCUT2D eigenvalue weighted by Gasteiger charge is -2.11. The number of amides is 1. The highest BCUT2D eigenvalue weighted by Crippen LogP contribution is 2.24. The van der Waals surface area contributed by atoms with Gasteiger partial charge in [-0.2, -0.15) is 0 Å². The molecule has 0 saturated carbocycles. The Morgan fingerprint density at radius 1 is 1.17 bits per heavy atom. The maximum absolute atomic E-state index is 12.2. The minimum atomic E-state index is -0.340. The number of para-hydroxylation sites is 2. The first-order chi connectivity index (χ1) is 11.2. The Morgan fingerprint density at radius 2 is 2.00 bits per heavy atom. The van der Waals surface area contributed by atoms with E-state index in [0.29, 0.717) is 37.0 Å². The summed E-state index contributed by atoms with van der Waals surface area (Å²) in [7, 11) is 1.63. The molecular formula is C16H20N4O3. The van der Waals surface area contributed by atoms with Crippen LogP contribution in [-0.4, -0.2) is 43.0 Å². The van der Waals surface area contributed by atoms with Crippen LogP contribution in [0.4, 0.5) is 11.5 Å². The molecule has 0 aliphatic rings. The van der Waals surface area contributed by atoms with E-state index < -0.39 is 0 Å². The van der Waals surface area contributed by atoms with Crippen molar-refractivity contribution in [1.29, 1.82) is 0 Å². The topological polar surface area (TPSA) is 85.4 Å².